The summed E-state index contributed by atoms with van der Waals surface area (Å²) in [5.74, 6) is -0.0664. The number of nitrogens with zero attached hydrogens (tertiary/aromatic N) is 1. The van der Waals surface area contributed by atoms with E-state index in [1.54, 1.807) is 4.90 Å². The molecule has 1 fully saturated rings. The van der Waals surface area contributed by atoms with Gasteiger partial charge < -0.3 is 9.64 Å². The fourth-order valence-electron chi connectivity index (χ4n) is 2.95. The molecule has 0 aromatic heterocycles. The monoisotopic (exact) mass is 323 g/mol. The van der Waals surface area contributed by atoms with Crippen LogP contribution in [0.1, 0.15) is 34.7 Å². The molecule has 1 amide bonds. The number of benzene rings is 1. The van der Waals surface area contributed by atoms with Crippen LogP contribution in [0.5, 0.6) is 0 Å². The van der Waals surface area contributed by atoms with E-state index >= 15 is 0 Å². The molecule has 1 heterocycles. The quantitative estimate of drug-likeness (QED) is 0.785. The molecule has 19 heavy (non-hydrogen) atoms. The average Bonchev–Trinajstić information content (AvgIpc) is 2.34. The molecule has 2 aliphatic rings. The number of rotatable bonds is 2. The summed E-state index contributed by atoms with van der Waals surface area (Å²) < 4.78 is 5.67. The Labute approximate surface area is 119 Å². The van der Waals surface area contributed by atoms with Gasteiger partial charge in [-0.1, -0.05) is 15.9 Å². The summed E-state index contributed by atoms with van der Waals surface area (Å²) in [4.78, 5) is 25.6. The van der Waals surface area contributed by atoms with Crippen LogP contribution in [0.4, 0.5) is 0 Å². The van der Waals surface area contributed by atoms with Crippen LogP contribution >= 0.6 is 15.9 Å². The molecular weight excluding hydrogens is 310 g/mol. The van der Waals surface area contributed by atoms with E-state index < -0.39 is 0 Å². The van der Waals surface area contributed by atoms with Crippen molar-refractivity contribution in [2.45, 2.75) is 24.8 Å². The lowest BCUT2D eigenvalue weighted by molar-refractivity contribution is -0.142. The molecule has 1 aromatic carbocycles. The maximum absolute atomic E-state index is 12.5. The van der Waals surface area contributed by atoms with Crippen molar-refractivity contribution >= 4 is 27.8 Å². The van der Waals surface area contributed by atoms with Crippen LogP contribution in [0.25, 0.3) is 0 Å². The number of hydrogen-bond acceptors (Lipinski definition) is 3. The lowest BCUT2D eigenvalue weighted by atomic mass is 9.70. The molecular formula is C14H14BrNO3. The predicted octanol–water partition coefficient (Wildman–Crippen LogP) is 2.32. The van der Waals surface area contributed by atoms with Gasteiger partial charge in [-0.15, -0.1) is 0 Å². The summed E-state index contributed by atoms with van der Waals surface area (Å²) in [7, 11) is 1.35. The van der Waals surface area contributed by atoms with Crippen molar-refractivity contribution in [3.05, 3.63) is 33.8 Å². The molecule has 4 nitrogen and oxygen atoms in total. The van der Waals surface area contributed by atoms with Crippen LogP contribution < -0.4 is 0 Å². The normalized spacial score (nSPS) is 24.3. The maximum atomic E-state index is 12.5. The average molecular weight is 324 g/mol. The van der Waals surface area contributed by atoms with E-state index in [4.69, 9.17) is 0 Å². The molecule has 1 aliphatic heterocycles. The SMILES string of the molecule is COC(=O)CN1C(=O)c2ccc(Br)cc2C2CCC21. The Bertz CT molecular complexity index is 558. The Kier molecular flexibility index (Phi) is 3.09. The topological polar surface area (TPSA) is 46.6 Å². The number of fused-ring (bicyclic) bond motifs is 3. The zero-order valence-electron chi connectivity index (χ0n) is 10.6. The van der Waals surface area contributed by atoms with Crippen molar-refractivity contribution in [1.82, 2.24) is 4.90 Å². The molecule has 5 heteroatoms. The van der Waals surface area contributed by atoms with Crippen molar-refractivity contribution in [3.8, 4) is 0 Å². The number of halogens is 1. The largest absolute Gasteiger partial charge is 0.468 e. The number of esters is 1. The van der Waals surface area contributed by atoms with Gasteiger partial charge in [0.1, 0.15) is 6.54 Å². The van der Waals surface area contributed by atoms with Crippen molar-refractivity contribution < 1.29 is 14.3 Å². The molecule has 0 bridgehead atoms. The molecule has 1 aliphatic carbocycles. The highest BCUT2D eigenvalue weighted by Gasteiger charge is 2.45. The minimum Gasteiger partial charge on any atom is -0.468 e. The second-order valence-electron chi connectivity index (χ2n) is 4.99. The van der Waals surface area contributed by atoms with E-state index in [1.807, 2.05) is 18.2 Å². The van der Waals surface area contributed by atoms with Gasteiger partial charge in [-0.25, -0.2) is 0 Å². The summed E-state index contributed by atoms with van der Waals surface area (Å²) >= 11 is 3.45. The highest BCUT2D eigenvalue weighted by molar-refractivity contribution is 9.10. The van der Waals surface area contributed by atoms with Gasteiger partial charge in [0.05, 0.1) is 7.11 Å². The van der Waals surface area contributed by atoms with Crippen molar-refractivity contribution in [2.24, 2.45) is 0 Å². The number of carbonyl (C=O) groups excluding carboxylic acids is 2. The van der Waals surface area contributed by atoms with E-state index in [-0.39, 0.29) is 24.5 Å². The van der Waals surface area contributed by atoms with Crippen LogP contribution in [-0.4, -0.2) is 36.5 Å². The van der Waals surface area contributed by atoms with Crippen LogP contribution in [0.3, 0.4) is 0 Å². The van der Waals surface area contributed by atoms with E-state index in [0.29, 0.717) is 11.5 Å². The van der Waals surface area contributed by atoms with Crippen molar-refractivity contribution in [1.29, 1.82) is 0 Å². The Morgan fingerprint density at radius 2 is 2.26 bits per heavy atom. The van der Waals surface area contributed by atoms with E-state index in [9.17, 15) is 9.59 Å². The summed E-state index contributed by atoms with van der Waals surface area (Å²) in [5, 5.41) is 0. The van der Waals surface area contributed by atoms with Gasteiger partial charge in [0.2, 0.25) is 0 Å². The molecule has 0 N–H and O–H groups in total. The molecule has 0 saturated heterocycles. The molecule has 100 valence electrons. The van der Waals surface area contributed by atoms with Gasteiger partial charge in [-0.05, 0) is 36.6 Å². The number of methoxy groups -OCH3 is 1. The van der Waals surface area contributed by atoms with Gasteiger partial charge in [-0.2, -0.15) is 0 Å². The standard InChI is InChI=1S/C14H14BrNO3/c1-19-13(17)7-16-12-5-4-9(12)11-6-8(15)2-3-10(11)14(16)18/h2-3,6,9,12H,4-5,7H2,1H3. The summed E-state index contributed by atoms with van der Waals surface area (Å²) in [6.45, 7) is 0.0476. The minimum absolute atomic E-state index is 0.0476. The number of carbonyl (C=O) groups is 2. The van der Waals surface area contributed by atoms with E-state index in [2.05, 4.69) is 20.7 Å². The maximum Gasteiger partial charge on any atom is 0.325 e. The minimum atomic E-state index is -0.362. The molecule has 2 unspecified atom stereocenters. The lowest BCUT2D eigenvalue weighted by Crippen LogP contribution is -2.54. The van der Waals surface area contributed by atoms with Gasteiger partial charge >= 0.3 is 5.97 Å². The first-order valence-corrected chi connectivity index (χ1v) is 7.08. The van der Waals surface area contributed by atoms with Gasteiger partial charge in [0.15, 0.2) is 0 Å². The Balaban J connectivity index is 1.97. The third kappa shape index (κ3) is 1.96. The highest BCUT2D eigenvalue weighted by Crippen LogP contribution is 2.46. The second kappa shape index (κ2) is 4.63. The lowest BCUT2D eigenvalue weighted by Gasteiger charge is -2.48. The molecule has 3 rings (SSSR count). The van der Waals surface area contributed by atoms with Gasteiger partial charge in [-0.3, -0.25) is 9.59 Å². The third-order valence-corrected chi connectivity index (χ3v) is 4.56. The fraction of sp³-hybridized carbons (Fsp3) is 0.429. The Hall–Kier alpha value is -1.36. The second-order valence-corrected chi connectivity index (χ2v) is 5.91. The Morgan fingerprint density at radius 3 is 2.89 bits per heavy atom. The van der Waals surface area contributed by atoms with Crippen molar-refractivity contribution in [2.75, 3.05) is 13.7 Å². The number of ether oxygens (including phenoxy) is 1. The zero-order chi connectivity index (χ0) is 13.6. The van der Waals surface area contributed by atoms with Crippen LogP contribution in [0.15, 0.2) is 22.7 Å². The molecule has 2 atom stereocenters. The van der Waals surface area contributed by atoms with Gasteiger partial charge in [0, 0.05) is 22.0 Å². The summed E-state index contributed by atoms with van der Waals surface area (Å²) in [6, 6.07) is 5.87. The third-order valence-electron chi connectivity index (χ3n) is 4.07. The number of hydrogen-bond donors (Lipinski definition) is 0. The first-order valence-electron chi connectivity index (χ1n) is 6.29. The summed E-state index contributed by atoms with van der Waals surface area (Å²) in [6.07, 6.45) is 2.03. The van der Waals surface area contributed by atoms with Crippen LogP contribution in [0, 0.1) is 0 Å². The number of amides is 1. The van der Waals surface area contributed by atoms with E-state index in [0.717, 1.165) is 22.9 Å². The first kappa shape index (κ1) is 12.7. The predicted molar refractivity (Wildman–Crippen MR) is 73.0 cm³/mol. The fourth-order valence-corrected chi connectivity index (χ4v) is 3.33. The molecule has 0 radical (unpaired) electrons. The first-order chi connectivity index (χ1) is 9.11. The zero-order valence-corrected chi connectivity index (χ0v) is 12.1. The smallest absolute Gasteiger partial charge is 0.325 e. The highest BCUT2D eigenvalue weighted by atomic mass is 79.9. The molecule has 1 aromatic rings. The van der Waals surface area contributed by atoms with E-state index in [1.165, 1.54) is 7.11 Å². The molecule has 1 saturated carbocycles. The van der Waals surface area contributed by atoms with Crippen LogP contribution in [0.2, 0.25) is 0 Å². The Morgan fingerprint density at radius 1 is 1.47 bits per heavy atom. The van der Waals surface area contributed by atoms with Crippen LogP contribution in [-0.2, 0) is 9.53 Å². The van der Waals surface area contributed by atoms with Crippen molar-refractivity contribution in [3.63, 3.8) is 0 Å². The van der Waals surface area contributed by atoms with Gasteiger partial charge in [0.25, 0.3) is 5.91 Å². The molecule has 0 spiro atoms. The summed E-state index contributed by atoms with van der Waals surface area (Å²) in [5.41, 5.74) is 1.82.